The van der Waals surface area contributed by atoms with Gasteiger partial charge in [0, 0.05) is 47.1 Å². The summed E-state index contributed by atoms with van der Waals surface area (Å²) in [5.41, 5.74) is 3.08. The number of aromatic nitrogens is 1. The molecule has 1 aromatic heterocycles. The summed E-state index contributed by atoms with van der Waals surface area (Å²) in [5, 5.41) is 1.24. The lowest BCUT2D eigenvalue weighted by Gasteiger charge is -2.37. The molecule has 6 heteroatoms. The van der Waals surface area contributed by atoms with Crippen molar-refractivity contribution in [2.45, 2.75) is 43.1 Å². The molecule has 1 amide bonds. The number of anilines is 1. The van der Waals surface area contributed by atoms with Crippen LogP contribution in [0.4, 0.5) is 10.5 Å². The SMILES string of the molecule is Cc1[nH]c2c(N3CCN(C(=O)OC(C)(C)C)CC3)cccc2c1Sc1ccccc1. The minimum Gasteiger partial charge on any atom is -0.444 e. The van der Waals surface area contributed by atoms with E-state index in [9.17, 15) is 4.79 Å². The number of ether oxygens (including phenoxy) is 1. The predicted molar refractivity (Wildman–Crippen MR) is 124 cm³/mol. The molecule has 1 fully saturated rings. The van der Waals surface area contributed by atoms with Crippen LogP contribution in [0.25, 0.3) is 10.9 Å². The first-order valence-electron chi connectivity index (χ1n) is 10.4. The fraction of sp³-hybridized carbons (Fsp3) is 0.375. The smallest absolute Gasteiger partial charge is 0.410 e. The van der Waals surface area contributed by atoms with Crippen molar-refractivity contribution in [3.8, 4) is 0 Å². The Morgan fingerprint density at radius 2 is 1.70 bits per heavy atom. The van der Waals surface area contributed by atoms with Crippen LogP contribution in [0.3, 0.4) is 0 Å². The minimum absolute atomic E-state index is 0.224. The van der Waals surface area contributed by atoms with E-state index in [-0.39, 0.29) is 6.09 Å². The van der Waals surface area contributed by atoms with Crippen LogP contribution in [0.15, 0.2) is 58.3 Å². The predicted octanol–water partition coefficient (Wildman–Crippen LogP) is 5.68. The molecule has 1 N–H and O–H groups in total. The summed E-state index contributed by atoms with van der Waals surface area (Å²) in [4.78, 5) is 22.6. The van der Waals surface area contributed by atoms with Crippen molar-refractivity contribution in [2.24, 2.45) is 0 Å². The second-order valence-electron chi connectivity index (χ2n) is 8.65. The lowest BCUT2D eigenvalue weighted by molar-refractivity contribution is 0.0240. The molecule has 5 nitrogen and oxygen atoms in total. The maximum absolute atomic E-state index is 12.4. The molecule has 3 aromatic rings. The molecule has 158 valence electrons. The Bertz CT molecular complexity index is 1030. The fourth-order valence-corrected chi connectivity index (χ4v) is 4.78. The Hall–Kier alpha value is -2.60. The summed E-state index contributed by atoms with van der Waals surface area (Å²) >= 11 is 1.80. The average molecular weight is 424 g/mol. The maximum atomic E-state index is 12.4. The number of aromatic amines is 1. The monoisotopic (exact) mass is 423 g/mol. The molecule has 0 spiro atoms. The third-order valence-corrected chi connectivity index (χ3v) is 6.41. The van der Waals surface area contributed by atoms with E-state index in [1.807, 2.05) is 26.8 Å². The van der Waals surface area contributed by atoms with Crippen LogP contribution in [0.1, 0.15) is 26.5 Å². The number of H-pyrrole nitrogens is 1. The number of nitrogens with zero attached hydrogens (tertiary/aromatic N) is 2. The maximum Gasteiger partial charge on any atom is 0.410 e. The van der Waals surface area contributed by atoms with Crippen molar-refractivity contribution in [2.75, 3.05) is 31.1 Å². The van der Waals surface area contributed by atoms with Crippen molar-refractivity contribution in [3.63, 3.8) is 0 Å². The standard InChI is InChI=1S/C24H29N3O2S/c1-17-22(30-18-9-6-5-7-10-18)19-11-8-12-20(21(19)25-17)26-13-15-27(16-14-26)23(28)29-24(2,3)4/h5-12,25H,13-16H2,1-4H3. The zero-order valence-corrected chi connectivity index (χ0v) is 18.9. The molecule has 0 aliphatic carbocycles. The third kappa shape index (κ3) is 4.43. The zero-order valence-electron chi connectivity index (χ0n) is 18.1. The molecule has 1 aliphatic heterocycles. The number of carbonyl (C=O) groups is 1. The van der Waals surface area contributed by atoms with E-state index in [0.29, 0.717) is 13.1 Å². The first kappa shape index (κ1) is 20.7. The Kier molecular flexibility index (Phi) is 5.69. The number of hydrogen-bond acceptors (Lipinski definition) is 4. The minimum atomic E-state index is -0.464. The quantitative estimate of drug-likeness (QED) is 0.588. The van der Waals surface area contributed by atoms with Crippen LogP contribution in [0, 0.1) is 6.92 Å². The van der Waals surface area contributed by atoms with Gasteiger partial charge >= 0.3 is 6.09 Å². The van der Waals surface area contributed by atoms with Gasteiger partial charge in [-0.1, -0.05) is 42.1 Å². The number of fused-ring (bicyclic) bond motifs is 1. The second-order valence-corrected chi connectivity index (χ2v) is 9.73. The summed E-state index contributed by atoms with van der Waals surface area (Å²) in [6, 6.07) is 16.9. The second kappa shape index (κ2) is 8.26. The van der Waals surface area contributed by atoms with Gasteiger partial charge in [0.1, 0.15) is 5.60 Å². The summed E-state index contributed by atoms with van der Waals surface area (Å²) in [7, 11) is 0. The molecule has 1 saturated heterocycles. The molecule has 0 atom stereocenters. The molecule has 0 bridgehead atoms. The number of amides is 1. The van der Waals surface area contributed by atoms with Crippen molar-refractivity contribution < 1.29 is 9.53 Å². The van der Waals surface area contributed by atoms with E-state index >= 15 is 0 Å². The molecular formula is C24H29N3O2S. The van der Waals surface area contributed by atoms with Crippen LogP contribution in [0.5, 0.6) is 0 Å². The highest BCUT2D eigenvalue weighted by atomic mass is 32.2. The van der Waals surface area contributed by atoms with Gasteiger partial charge in [-0.3, -0.25) is 0 Å². The first-order valence-corrected chi connectivity index (χ1v) is 11.2. The Balaban J connectivity index is 1.53. The normalized spacial score (nSPS) is 14.9. The van der Waals surface area contributed by atoms with E-state index in [2.05, 4.69) is 59.3 Å². The van der Waals surface area contributed by atoms with Crippen molar-refractivity contribution in [1.82, 2.24) is 9.88 Å². The van der Waals surface area contributed by atoms with Gasteiger partial charge in [-0.2, -0.15) is 0 Å². The number of carbonyl (C=O) groups excluding carboxylic acids is 1. The van der Waals surface area contributed by atoms with Crippen LogP contribution in [-0.4, -0.2) is 47.8 Å². The molecule has 0 saturated carbocycles. The van der Waals surface area contributed by atoms with Crippen LogP contribution >= 0.6 is 11.8 Å². The number of nitrogens with one attached hydrogen (secondary N) is 1. The van der Waals surface area contributed by atoms with Crippen LogP contribution in [0.2, 0.25) is 0 Å². The van der Waals surface area contributed by atoms with Crippen LogP contribution in [-0.2, 0) is 4.74 Å². The first-order chi connectivity index (χ1) is 14.3. The van der Waals surface area contributed by atoms with E-state index in [4.69, 9.17) is 4.74 Å². The summed E-state index contributed by atoms with van der Waals surface area (Å²) in [6.45, 7) is 10.7. The van der Waals surface area contributed by atoms with Gasteiger partial charge in [-0.15, -0.1) is 0 Å². The molecule has 0 radical (unpaired) electrons. The number of benzene rings is 2. The van der Waals surface area contributed by atoms with Gasteiger partial charge in [0.05, 0.1) is 11.2 Å². The van der Waals surface area contributed by atoms with E-state index in [1.54, 1.807) is 16.7 Å². The van der Waals surface area contributed by atoms with Crippen molar-refractivity contribution in [1.29, 1.82) is 0 Å². The summed E-state index contributed by atoms with van der Waals surface area (Å²) in [6.07, 6.45) is -0.224. The summed E-state index contributed by atoms with van der Waals surface area (Å²) < 4.78 is 5.52. The fourth-order valence-electron chi connectivity index (χ4n) is 3.76. The lowest BCUT2D eigenvalue weighted by atomic mass is 10.2. The topological polar surface area (TPSA) is 48.6 Å². The number of rotatable bonds is 3. The number of hydrogen-bond donors (Lipinski definition) is 1. The van der Waals surface area contributed by atoms with Crippen LogP contribution < -0.4 is 4.90 Å². The van der Waals surface area contributed by atoms with Gasteiger partial charge in [0.15, 0.2) is 0 Å². The zero-order chi connectivity index (χ0) is 21.3. The molecule has 2 aromatic carbocycles. The Labute approximate surface area is 182 Å². The van der Waals surface area contributed by atoms with Gasteiger partial charge in [-0.05, 0) is 45.9 Å². The molecule has 0 unspecified atom stereocenters. The molecule has 30 heavy (non-hydrogen) atoms. The molecule has 4 rings (SSSR count). The number of piperazine rings is 1. The highest BCUT2D eigenvalue weighted by Gasteiger charge is 2.27. The Morgan fingerprint density at radius 3 is 2.37 bits per heavy atom. The molecule has 2 heterocycles. The highest BCUT2D eigenvalue weighted by molar-refractivity contribution is 7.99. The van der Waals surface area contributed by atoms with E-state index < -0.39 is 5.60 Å². The van der Waals surface area contributed by atoms with Gasteiger partial charge in [-0.25, -0.2) is 4.79 Å². The lowest BCUT2D eigenvalue weighted by Crippen LogP contribution is -2.50. The van der Waals surface area contributed by atoms with Crippen molar-refractivity contribution in [3.05, 3.63) is 54.2 Å². The number of aryl methyl sites for hydroxylation is 1. The van der Waals surface area contributed by atoms with E-state index in [1.165, 1.54) is 32.1 Å². The van der Waals surface area contributed by atoms with Gasteiger partial charge in [0.25, 0.3) is 0 Å². The van der Waals surface area contributed by atoms with E-state index in [0.717, 1.165) is 13.1 Å². The highest BCUT2D eigenvalue weighted by Crippen LogP contribution is 2.39. The molecule has 1 aliphatic rings. The van der Waals surface area contributed by atoms with Gasteiger partial charge < -0.3 is 19.5 Å². The summed E-state index contributed by atoms with van der Waals surface area (Å²) in [5.74, 6) is 0. The average Bonchev–Trinajstić information content (AvgIpc) is 3.03. The molecular weight excluding hydrogens is 394 g/mol. The Morgan fingerprint density at radius 1 is 1.00 bits per heavy atom. The van der Waals surface area contributed by atoms with Gasteiger partial charge in [0.2, 0.25) is 0 Å². The largest absolute Gasteiger partial charge is 0.444 e. The third-order valence-electron chi connectivity index (χ3n) is 5.18. The van der Waals surface area contributed by atoms with Crippen molar-refractivity contribution >= 4 is 34.4 Å². The number of para-hydroxylation sites is 1.